The van der Waals surface area contributed by atoms with Crippen molar-refractivity contribution in [1.29, 1.82) is 0 Å². The van der Waals surface area contributed by atoms with Crippen LogP contribution in [0, 0.1) is 5.92 Å². The number of nitrogens with one attached hydrogen (secondary N) is 2. The van der Waals surface area contributed by atoms with Crippen molar-refractivity contribution in [2.24, 2.45) is 5.92 Å². The fraction of sp³-hybridized carbons (Fsp3) is 0.923. The van der Waals surface area contributed by atoms with Gasteiger partial charge in [-0.2, -0.15) is 0 Å². The third-order valence-electron chi connectivity index (χ3n) is 3.23. The van der Waals surface area contributed by atoms with Gasteiger partial charge in [0.1, 0.15) is 0 Å². The molecule has 4 heteroatoms. The Morgan fingerprint density at radius 3 is 2.94 bits per heavy atom. The van der Waals surface area contributed by atoms with E-state index in [1.165, 1.54) is 12.8 Å². The maximum absolute atomic E-state index is 11.6. The lowest BCUT2D eigenvalue weighted by atomic mass is 9.87. The van der Waals surface area contributed by atoms with E-state index in [4.69, 9.17) is 4.74 Å². The second kappa shape index (κ2) is 8.34. The number of rotatable bonds is 6. The predicted octanol–water partition coefficient (Wildman–Crippen LogP) is 2.29. The fourth-order valence-electron chi connectivity index (χ4n) is 2.32. The third-order valence-corrected chi connectivity index (χ3v) is 3.23. The molecule has 1 saturated carbocycles. The first kappa shape index (κ1) is 14.3. The van der Waals surface area contributed by atoms with Crippen molar-refractivity contribution in [2.45, 2.75) is 52.0 Å². The summed E-state index contributed by atoms with van der Waals surface area (Å²) in [5.74, 6) is 0.743. The zero-order valence-corrected chi connectivity index (χ0v) is 11.1. The topological polar surface area (TPSA) is 50.4 Å². The van der Waals surface area contributed by atoms with Crippen molar-refractivity contribution in [2.75, 3.05) is 19.8 Å². The molecule has 0 radical (unpaired) electrons. The zero-order valence-electron chi connectivity index (χ0n) is 11.1. The van der Waals surface area contributed by atoms with Crippen LogP contribution in [0.4, 0.5) is 4.79 Å². The minimum Gasteiger partial charge on any atom is -0.382 e. The maximum Gasteiger partial charge on any atom is 0.315 e. The molecular weight excluding hydrogens is 216 g/mol. The van der Waals surface area contributed by atoms with Crippen LogP contribution < -0.4 is 10.6 Å². The summed E-state index contributed by atoms with van der Waals surface area (Å²) in [4.78, 5) is 11.6. The first-order valence-electron chi connectivity index (χ1n) is 6.84. The molecule has 0 aliphatic heterocycles. The summed E-state index contributed by atoms with van der Waals surface area (Å²) in [5.41, 5.74) is 0. The average molecular weight is 242 g/mol. The van der Waals surface area contributed by atoms with Gasteiger partial charge in [-0.3, -0.25) is 0 Å². The molecule has 1 aliphatic carbocycles. The molecule has 1 rings (SSSR count). The molecule has 1 aliphatic rings. The summed E-state index contributed by atoms with van der Waals surface area (Å²) in [5, 5.41) is 5.92. The highest BCUT2D eigenvalue weighted by molar-refractivity contribution is 5.74. The largest absolute Gasteiger partial charge is 0.382 e. The quantitative estimate of drug-likeness (QED) is 0.702. The number of amides is 2. The number of carbonyl (C=O) groups excluding carboxylic acids is 1. The van der Waals surface area contributed by atoms with Gasteiger partial charge in [0.25, 0.3) is 0 Å². The van der Waals surface area contributed by atoms with Crippen LogP contribution in [0.25, 0.3) is 0 Å². The van der Waals surface area contributed by atoms with Gasteiger partial charge < -0.3 is 15.4 Å². The van der Waals surface area contributed by atoms with E-state index in [0.717, 1.165) is 38.4 Å². The third kappa shape index (κ3) is 6.51. The highest BCUT2D eigenvalue weighted by Gasteiger charge is 2.19. The van der Waals surface area contributed by atoms with Crippen LogP contribution in [0.3, 0.4) is 0 Å². The lowest BCUT2D eigenvalue weighted by molar-refractivity contribution is 0.145. The molecule has 0 spiro atoms. The molecule has 0 aromatic rings. The van der Waals surface area contributed by atoms with Crippen LogP contribution in [0.15, 0.2) is 0 Å². The van der Waals surface area contributed by atoms with E-state index in [1.54, 1.807) is 0 Å². The Balaban J connectivity index is 2.04. The molecule has 1 fully saturated rings. The van der Waals surface area contributed by atoms with Gasteiger partial charge in [-0.1, -0.05) is 19.8 Å². The van der Waals surface area contributed by atoms with E-state index >= 15 is 0 Å². The first-order valence-corrected chi connectivity index (χ1v) is 6.84. The normalized spacial score (nSPS) is 24.4. The molecule has 2 N–H and O–H groups in total. The average Bonchev–Trinajstić information content (AvgIpc) is 2.29. The van der Waals surface area contributed by atoms with Crippen molar-refractivity contribution in [3.05, 3.63) is 0 Å². The van der Waals surface area contributed by atoms with Crippen LogP contribution in [-0.4, -0.2) is 31.8 Å². The second-order valence-corrected chi connectivity index (χ2v) is 4.92. The van der Waals surface area contributed by atoms with Gasteiger partial charge in [0, 0.05) is 25.8 Å². The van der Waals surface area contributed by atoms with Crippen LogP contribution >= 0.6 is 0 Å². The Labute approximate surface area is 104 Å². The first-order chi connectivity index (χ1) is 8.22. The van der Waals surface area contributed by atoms with E-state index in [9.17, 15) is 4.79 Å². The summed E-state index contributed by atoms with van der Waals surface area (Å²) in [6.07, 6.45) is 5.65. The van der Waals surface area contributed by atoms with Crippen LogP contribution in [0.2, 0.25) is 0 Å². The van der Waals surface area contributed by atoms with Gasteiger partial charge in [-0.05, 0) is 32.1 Å². The van der Waals surface area contributed by atoms with Crippen LogP contribution in [0.1, 0.15) is 46.0 Å². The Morgan fingerprint density at radius 2 is 2.24 bits per heavy atom. The lowest BCUT2D eigenvalue weighted by Crippen LogP contribution is -2.44. The van der Waals surface area contributed by atoms with Crippen molar-refractivity contribution in [1.82, 2.24) is 10.6 Å². The number of hydrogen-bond acceptors (Lipinski definition) is 2. The summed E-state index contributed by atoms with van der Waals surface area (Å²) in [7, 11) is 0. The van der Waals surface area contributed by atoms with Crippen LogP contribution in [-0.2, 0) is 4.74 Å². The minimum atomic E-state index is -0.0272. The molecule has 0 heterocycles. The summed E-state index contributed by atoms with van der Waals surface area (Å²) in [6, 6.07) is 0.339. The van der Waals surface area contributed by atoms with E-state index in [2.05, 4.69) is 17.6 Å². The molecule has 100 valence electrons. The van der Waals surface area contributed by atoms with E-state index < -0.39 is 0 Å². The number of ether oxygens (including phenoxy) is 1. The minimum absolute atomic E-state index is 0.0272. The van der Waals surface area contributed by atoms with Crippen molar-refractivity contribution < 1.29 is 9.53 Å². The Kier molecular flexibility index (Phi) is 7.01. The molecular formula is C13H26N2O2. The number of urea groups is 1. The molecule has 0 saturated heterocycles. The zero-order chi connectivity index (χ0) is 12.5. The van der Waals surface area contributed by atoms with E-state index in [0.29, 0.717) is 12.6 Å². The lowest BCUT2D eigenvalue weighted by Gasteiger charge is -2.27. The summed E-state index contributed by atoms with van der Waals surface area (Å²) in [6.45, 7) is 6.38. The molecule has 4 nitrogen and oxygen atoms in total. The standard InChI is InChI=1S/C13H26N2O2/c1-3-17-9-5-8-14-13(16)15-12-7-4-6-11(2)10-12/h11-12H,3-10H2,1-2H3,(H2,14,15,16)/t11-,12-/m0/s1. The van der Waals surface area contributed by atoms with Gasteiger partial charge in [0.05, 0.1) is 0 Å². The fourth-order valence-corrected chi connectivity index (χ4v) is 2.32. The number of hydrogen-bond donors (Lipinski definition) is 2. The number of carbonyl (C=O) groups is 1. The Hall–Kier alpha value is -0.770. The summed E-state index contributed by atoms with van der Waals surface area (Å²) < 4.78 is 5.21. The second-order valence-electron chi connectivity index (χ2n) is 4.92. The maximum atomic E-state index is 11.6. The molecule has 2 atom stereocenters. The van der Waals surface area contributed by atoms with Crippen molar-refractivity contribution in [3.63, 3.8) is 0 Å². The molecule has 17 heavy (non-hydrogen) atoms. The van der Waals surface area contributed by atoms with Gasteiger partial charge in [-0.15, -0.1) is 0 Å². The Morgan fingerprint density at radius 1 is 1.41 bits per heavy atom. The highest BCUT2D eigenvalue weighted by atomic mass is 16.5. The molecule has 0 aromatic carbocycles. The molecule has 0 bridgehead atoms. The highest BCUT2D eigenvalue weighted by Crippen LogP contribution is 2.23. The van der Waals surface area contributed by atoms with Crippen LogP contribution in [0.5, 0.6) is 0 Å². The van der Waals surface area contributed by atoms with Gasteiger partial charge in [-0.25, -0.2) is 4.79 Å². The predicted molar refractivity (Wildman–Crippen MR) is 69.1 cm³/mol. The van der Waals surface area contributed by atoms with Crippen molar-refractivity contribution >= 4 is 6.03 Å². The van der Waals surface area contributed by atoms with Crippen molar-refractivity contribution in [3.8, 4) is 0 Å². The van der Waals surface area contributed by atoms with Gasteiger partial charge in [0.2, 0.25) is 0 Å². The van der Waals surface area contributed by atoms with E-state index in [1.807, 2.05) is 6.92 Å². The SMILES string of the molecule is CCOCCCNC(=O)N[C@H]1CCC[C@H](C)C1. The van der Waals surface area contributed by atoms with E-state index in [-0.39, 0.29) is 6.03 Å². The smallest absolute Gasteiger partial charge is 0.315 e. The molecule has 2 amide bonds. The Bertz CT molecular complexity index is 221. The summed E-state index contributed by atoms with van der Waals surface area (Å²) >= 11 is 0. The van der Waals surface area contributed by atoms with Gasteiger partial charge in [0.15, 0.2) is 0 Å². The molecule has 0 aromatic heterocycles. The van der Waals surface area contributed by atoms with Gasteiger partial charge >= 0.3 is 6.03 Å². The monoisotopic (exact) mass is 242 g/mol. The molecule has 0 unspecified atom stereocenters.